The van der Waals surface area contributed by atoms with Crippen LogP contribution in [-0.2, 0) is 5.54 Å². The van der Waals surface area contributed by atoms with E-state index in [4.69, 9.17) is 10.7 Å². The van der Waals surface area contributed by atoms with Crippen molar-refractivity contribution in [3.63, 3.8) is 0 Å². The van der Waals surface area contributed by atoms with Gasteiger partial charge >= 0.3 is 0 Å². The Labute approximate surface area is 192 Å². The van der Waals surface area contributed by atoms with Crippen molar-refractivity contribution in [2.45, 2.75) is 37.8 Å². The van der Waals surface area contributed by atoms with Crippen LogP contribution < -0.4 is 5.73 Å². The lowest BCUT2D eigenvalue weighted by Crippen LogP contribution is -2.58. The molecule has 33 heavy (non-hydrogen) atoms. The van der Waals surface area contributed by atoms with Crippen molar-refractivity contribution in [2.75, 3.05) is 0 Å². The predicted molar refractivity (Wildman–Crippen MR) is 132 cm³/mol. The lowest BCUT2D eigenvalue weighted by atomic mass is 9.63. The Kier molecular flexibility index (Phi) is 4.25. The fourth-order valence-electron chi connectivity index (χ4n) is 5.32. The monoisotopic (exact) mass is 434 g/mol. The van der Waals surface area contributed by atoms with Crippen LogP contribution in [-0.4, -0.2) is 25.3 Å². The number of nitrogens with zero attached hydrogens (tertiary/aromatic N) is 3. The largest absolute Gasteiger partial charge is 0.390 e. The molecule has 0 bridgehead atoms. The summed E-state index contributed by atoms with van der Waals surface area (Å²) < 4.78 is 1.92. The summed E-state index contributed by atoms with van der Waals surface area (Å²) in [5.41, 5.74) is 13.4. The first-order valence-electron chi connectivity index (χ1n) is 11.3. The molecule has 164 valence electrons. The minimum atomic E-state index is -0.679. The highest BCUT2D eigenvalue weighted by atomic mass is 16.3. The maximum absolute atomic E-state index is 10.2. The van der Waals surface area contributed by atoms with Crippen molar-refractivity contribution in [2.24, 2.45) is 5.73 Å². The van der Waals surface area contributed by atoms with Gasteiger partial charge in [-0.2, -0.15) is 5.10 Å². The summed E-state index contributed by atoms with van der Waals surface area (Å²) in [4.78, 5) is 5.14. The summed E-state index contributed by atoms with van der Waals surface area (Å²) in [7, 11) is 0. The molecule has 0 aliphatic heterocycles. The molecule has 6 rings (SSSR count). The number of hydrogen-bond donors (Lipinski definition) is 2. The Morgan fingerprint density at radius 1 is 0.909 bits per heavy atom. The number of pyridine rings is 2. The highest BCUT2D eigenvalue weighted by Gasteiger charge is 2.49. The minimum absolute atomic E-state index is 0.472. The van der Waals surface area contributed by atoms with Crippen molar-refractivity contribution in [1.29, 1.82) is 0 Å². The second-order valence-corrected chi connectivity index (χ2v) is 9.70. The van der Waals surface area contributed by atoms with Crippen LogP contribution in [0.4, 0.5) is 0 Å². The third kappa shape index (κ3) is 3.32. The Morgan fingerprint density at radius 2 is 1.64 bits per heavy atom. The van der Waals surface area contributed by atoms with Gasteiger partial charge in [-0.1, -0.05) is 54.6 Å². The van der Waals surface area contributed by atoms with Gasteiger partial charge in [0.05, 0.1) is 22.5 Å². The van der Waals surface area contributed by atoms with Gasteiger partial charge < -0.3 is 10.8 Å². The van der Waals surface area contributed by atoms with Gasteiger partial charge in [-0.05, 0) is 62.1 Å². The van der Waals surface area contributed by atoms with Crippen molar-refractivity contribution < 1.29 is 5.11 Å². The van der Waals surface area contributed by atoms with E-state index in [0.717, 1.165) is 50.2 Å². The van der Waals surface area contributed by atoms with Crippen molar-refractivity contribution in [3.05, 3.63) is 90.1 Å². The van der Waals surface area contributed by atoms with E-state index in [2.05, 4.69) is 65.8 Å². The van der Waals surface area contributed by atoms with Gasteiger partial charge in [-0.3, -0.25) is 0 Å². The van der Waals surface area contributed by atoms with Crippen LogP contribution in [0.25, 0.3) is 38.9 Å². The third-order valence-electron chi connectivity index (χ3n) is 6.73. The van der Waals surface area contributed by atoms with Gasteiger partial charge in [0.1, 0.15) is 0 Å². The van der Waals surface area contributed by atoms with Gasteiger partial charge in [0.25, 0.3) is 0 Å². The molecule has 3 N–H and O–H groups in total. The number of rotatable bonds is 3. The van der Waals surface area contributed by atoms with E-state index >= 15 is 0 Å². The van der Waals surface area contributed by atoms with E-state index in [-0.39, 0.29) is 0 Å². The topological polar surface area (TPSA) is 76.4 Å². The van der Waals surface area contributed by atoms with E-state index in [1.54, 1.807) is 0 Å². The summed E-state index contributed by atoms with van der Waals surface area (Å²) in [5.74, 6) is 0. The van der Waals surface area contributed by atoms with E-state index in [9.17, 15) is 5.11 Å². The third-order valence-corrected chi connectivity index (χ3v) is 6.73. The number of benzene rings is 2. The first-order valence-corrected chi connectivity index (χ1v) is 11.3. The van der Waals surface area contributed by atoms with Crippen molar-refractivity contribution in [3.8, 4) is 22.4 Å². The molecule has 5 aromatic rings. The summed E-state index contributed by atoms with van der Waals surface area (Å²) in [5, 5.41) is 15.9. The van der Waals surface area contributed by atoms with Gasteiger partial charge in [0.15, 0.2) is 5.65 Å². The van der Waals surface area contributed by atoms with E-state index in [0.29, 0.717) is 12.8 Å². The highest BCUT2D eigenvalue weighted by Crippen LogP contribution is 2.46. The number of fused-ring (bicyclic) bond motifs is 3. The Morgan fingerprint density at radius 3 is 2.33 bits per heavy atom. The number of nitrogens with two attached hydrogens (primary N) is 1. The molecule has 1 fully saturated rings. The van der Waals surface area contributed by atoms with Crippen LogP contribution in [0.2, 0.25) is 0 Å². The normalized spacial score (nSPS) is 22.5. The summed E-state index contributed by atoms with van der Waals surface area (Å²) in [6.45, 7) is 3.84. The molecule has 5 nitrogen and oxygen atoms in total. The zero-order valence-electron chi connectivity index (χ0n) is 18.8. The Hall–Kier alpha value is -3.54. The quantitative estimate of drug-likeness (QED) is 0.408. The lowest BCUT2D eigenvalue weighted by Gasteiger charge is -2.49. The zero-order valence-corrected chi connectivity index (χ0v) is 18.8. The molecule has 0 radical (unpaired) electrons. The number of aryl methyl sites for hydroxylation is 1. The molecular formula is C28H26N4O. The van der Waals surface area contributed by atoms with Crippen molar-refractivity contribution >= 4 is 16.6 Å². The first kappa shape index (κ1) is 20.1. The van der Waals surface area contributed by atoms with Gasteiger partial charge in [-0.25, -0.2) is 9.50 Å². The molecule has 0 spiro atoms. The molecule has 0 atom stereocenters. The number of hydrogen-bond acceptors (Lipinski definition) is 4. The zero-order chi connectivity index (χ0) is 22.8. The van der Waals surface area contributed by atoms with E-state index < -0.39 is 11.1 Å². The van der Waals surface area contributed by atoms with Gasteiger partial charge in [0, 0.05) is 22.1 Å². The predicted octanol–water partition coefficient (Wildman–Crippen LogP) is 5.22. The molecule has 3 aromatic heterocycles. The molecule has 1 aliphatic carbocycles. The lowest BCUT2D eigenvalue weighted by molar-refractivity contribution is -0.0738. The van der Waals surface area contributed by atoms with Crippen LogP contribution in [0.1, 0.15) is 31.0 Å². The molecule has 1 aliphatic rings. The van der Waals surface area contributed by atoms with Crippen molar-refractivity contribution in [1.82, 2.24) is 14.6 Å². The van der Waals surface area contributed by atoms with Crippen LogP contribution in [0.15, 0.2) is 78.9 Å². The molecule has 5 heteroatoms. The highest BCUT2D eigenvalue weighted by molar-refractivity contribution is 5.91. The second kappa shape index (κ2) is 6.98. The molecule has 0 unspecified atom stereocenters. The van der Waals surface area contributed by atoms with E-state index in [1.807, 2.05) is 36.6 Å². The molecule has 3 heterocycles. The standard InChI is InChI=1S/C28H26N4O/c1-18-14-23-13-10-21-15-24(19-6-4-3-5-7-19)25(30-26(21)32(23)31-18)20-8-11-22(12-9-20)28(29)16-27(2,33)17-28/h3-15,33H,16-17,29H2,1-2H3/t27-,28-. The summed E-state index contributed by atoms with van der Waals surface area (Å²) in [6, 6.07) is 27.1. The molecule has 0 amide bonds. The van der Waals surface area contributed by atoms with Crippen LogP contribution in [0, 0.1) is 6.92 Å². The first-order chi connectivity index (χ1) is 15.8. The van der Waals surface area contributed by atoms with Gasteiger partial charge in [-0.15, -0.1) is 0 Å². The molecular weight excluding hydrogens is 408 g/mol. The number of aromatic nitrogens is 3. The van der Waals surface area contributed by atoms with Crippen LogP contribution in [0.3, 0.4) is 0 Å². The fourth-order valence-corrected chi connectivity index (χ4v) is 5.32. The summed E-state index contributed by atoms with van der Waals surface area (Å²) in [6.07, 6.45) is 1.14. The average Bonchev–Trinajstić information content (AvgIpc) is 3.18. The second-order valence-electron chi connectivity index (χ2n) is 9.70. The average molecular weight is 435 g/mol. The fraction of sp³-hybridized carbons (Fsp3) is 0.214. The molecule has 1 saturated carbocycles. The SMILES string of the molecule is Cc1cc2ccc3cc(-c4ccccc4)c(-c4ccc([C@]5(N)C[C@](C)(O)C5)cc4)nc3n2n1. The molecule has 2 aromatic carbocycles. The smallest absolute Gasteiger partial charge is 0.161 e. The minimum Gasteiger partial charge on any atom is -0.390 e. The Bertz CT molecular complexity index is 1490. The number of aliphatic hydroxyl groups is 1. The molecule has 0 saturated heterocycles. The summed E-state index contributed by atoms with van der Waals surface area (Å²) >= 11 is 0. The van der Waals surface area contributed by atoms with E-state index in [1.165, 1.54) is 0 Å². The van der Waals surface area contributed by atoms with Crippen LogP contribution >= 0.6 is 0 Å². The maximum Gasteiger partial charge on any atom is 0.161 e. The maximum atomic E-state index is 10.2. The Balaban J connectivity index is 1.53. The van der Waals surface area contributed by atoms with Crippen LogP contribution in [0.5, 0.6) is 0 Å². The van der Waals surface area contributed by atoms with Gasteiger partial charge in [0.2, 0.25) is 0 Å².